The number of aromatic amines is 1. The average molecular weight is 442 g/mol. The van der Waals surface area contributed by atoms with Crippen molar-refractivity contribution >= 4 is 40.4 Å². The Morgan fingerprint density at radius 2 is 1.81 bits per heavy atom. The van der Waals surface area contributed by atoms with Crippen LogP contribution in [0, 0.1) is 4.77 Å². The highest BCUT2D eigenvalue weighted by Crippen LogP contribution is 2.21. The van der Waals surface area contributed by atoms with Crippen molar-refractivity contribution in [1.82, 2.24) is 18.9 Å². The van der Waals surface area contributed by atoms with Gasteiger partial charge in [-0.3, -0.25) is 14.2 Å². The molecule has 7 nitrogen and oxygen atoms in total. The first-order valence-electron chi connectivity index (χ1n) is 10.1. The molecular weight excluding hydrogens is 422 g/mol. The zero-order valence-electron chi connectivity index (χ0n) is 17.0. The molecule has 0 saturated heterocycles. The number of nitrogens with zero attached hydrogens (tertiary/aromatic N) is 3. The van der Waals surface area contributed by atoms with Gasteiger partial charge >= 0.3 is 0 Å². The van der Waals surface area contributed by atoms with Crippen molar-refractivity contribution in [2.75, 3.05) is 5.32 Å². The molecule has 3 aromatic heterocycles. The molecule has 32 heavy (non-hydrogen) atoms. The average Bonchev–Trinajstić information content (AvgIpc) is 3.24. The molecule has 0 saturated carbocycles. The third-order valence-corrected chi connectivity index (χ3v) is 5.60. The van der Waals surface area contributed by atoms with Crippen molar-refractivity contribution in [1.29, 1.82) is 0 Å². The molecule has 0 aliphatic rings. The Labute approximate surface area is 188 Å². The Hall–Kier alpha value is -4.04. The molecule has 0 spiro atoms. The molecular formula is C24H19N5O2S. The summed E-state index contributed by atoms with van der Waals surface area (Å²) in [6.45, 7) is 0.199. The highest BCUT2D eigenvalue weighted by molar-refractivity contribution is 7.71. The van der Waals surface area contributed by atoms with Crippen LogP contribution in [-0.2, 0) is 11.3 Å². The SMILES string of the molecule is O=C(CCn1c(=S)[nH]c2ccccc2c1=O)Nc1ccc(-c2cn3ccccc3n2)cc1. The number of rotatable bonds is 5. The Morgan fingerprint density at radius 3 is 2.62 bits per heavy atom. The number of hydrogen-bond donors (Lipinski definition) is 2. The highest BCUT2D eigenvalue weighted by Gasteiger charge is 2.09. The Kier molecular flexibility index (Phi) is 5.12. The second-order valence-corrected chi connectivity index (χ2v) is 7.79. The van der Waals surface area contributed by atoms with Gasteiger partial charge in [-0.2, -0.15) is 0 Å². The lowest BCUT2D eigenvalue weighted by atomic mass is 10.1. The number of aromatic nitrogens is 4. The van der Waals surface area contributed by atoms with Crippen LogP contribution < -0.4 is 10.9 Å². The van der Waals surface area contributed by atoms with Crippen molar-refractivity contribution in [3.63, 3.8) is 0 Å². The number of para-hydroxylation sites is 1. The van der Waals surface area contributed by atoms with Crippen LogP contribution in [0.25, 0.3) is 27.8 Å². The van der Waals surface area contributed by atoms with E-state index in [-0.39, 0.29) is 24.4 Å². The van der Waals surface area contributed by atoms with Crippen molar-refractivity contribution in [3.8, 4) is 11.3 Å². The van der Waals surface area contributed by atoms with Crippen LogP contribution in [0.3, 0.4) is 0 Å². The molecule has 3 heterocycles. The second-order valence-electron chi connectivity index (χ2n) is 7.40. The van der Waals surface area contributed by atoms with Crippen molar-refractivity contribution in [2.24, 2.45) is 0 Å². The van der Waals surface area contributed by atoms with Gasteiger partial charge in [0, 0.05) is 36.6 Å². The fourth-order valence-electron chi connectivity index (χ4n) is 3.64. The first-order valence-corrected chi connectivity index (χ1v) is 10.6. The maximum Gasteiger partial charge on any atom is 0.262 e. The summed E-state index contributed by atoms with van der Waals surface area (Å²) in [5.74, 6) is -0.195. The lowest BCUT2D eigenvalue weighted by molar-refractivity contribution is -0.116. The lowest BCUT2D eigenvalue weighted by Crippen LogP contribution is -2.25. The van der Waals surface area contributed by atoms with E-state index in [9.17, 15) is 9.59 Å². The number of pyridine rings is 1. The minimum absolute atomic E-state index is 0.129. The summed E-state index contributed by atoms with van der Waals surface area (Å²) in [6, 6.07) is 20.5. The van der Waals surface area contributed by atoms with Gasteiger partial charge < -0.3 is 14.7 Å². The number of hydrogen-bond acceptors (Lipinski definition) is 4. The third kappa shape index (κ3) is 3.83. The minimum Gasteiger partial charge on any atom is -0.332 e. The van der Waals surface area contributed by atoms with E-state index in [0.29, 0.717) is 21.4 Å². The molecule has 8 heteroatoms. The minimum atomic E-state index is -0.200. The molecule has 158 valence electrons. The molecule has 5 aromatic rings. The summed E-state index contributed by atoms with van der Waals surface area (Å²) in [5.41, 5.74) is 3.86. The largest absolute Gasteiger partial charge is 0.332 e. The van der Waals surface area contributed by atoms with E-state index in [2.05, 4.69) is 15.3 Å². The number of H-pyrrole nitrogens is 1. The number of anilines is 1. The summed E-state index contributed by atoms with van der Waals surface area (Å²) in [7, 11) is 0. The Bertz CT molecular complexity index is 1530. The normalized spacial score (nSPS) is 11.1. The number of benzene rings is 2. The molecule has 0 bridgehead atoms. The van der Waals surface area contributed by atoms with Gasteiger partial charge in [0.2, 0.25) is 5.91 Å². The molecule has 2 N–H and O–H groups in total. The first-order chi connectivity index (χ1) is 15.6. The van der Waals surface area contributed by atoms with E-state index in [1.165, 1.54) is 4.57 Å². The van der Waals surface area contributed by atoms with Gasteiger partial charge in [0.15, 0.2) is 4.77 Å². The predicted molar refractivity (Wildman–Crippen MR) is 127 cm³/mol. The lowest BCUT2D eigenvalue weighted by Gasteiger charge is -2.09. The van der Waals surface area contributed by atoms with E-state index in [1.807, 2.05) is 65.3 Å². The summed E-state index contributed by atoms with van der Waals surface area (Å²) < 4.78 is 3.69. The molecule has 5 rings (SSSR count). The van der Waals surface area contributed by atoms with Gasteiger partial charge in [-0.05, 0) is 48.6 Å². The summed E-state index contributed by atoms with van der Waals surface area (Å²) in [6.07, 6.45) is 4.05. The number of imidazole rings is 1. The first kappa shape index (κ1) is 19.9. The zero-order chi connectivity index (χ0) is 22.1. The molecule has 0 aliphatic carbocycles. The quantitative estimate of drug-likeness (QED) is 0.396. The van der Waals surface area contributed by atoms with Crippen LogP contribution in [0.5, 0.6) is 0 Å². The second kappa shape index (κ2) is 8.24. The van der Waals surface area contributed by atoms with E-state index >= 15 is 0 Å². The summed E-state index contributed by atoms with van der Waals surface area (Å²) >= 11 is 5.30. The number of nitrogens with one attached hydrogen (secondary N) is 2. The van der Waals surface area contributed by atoms with E-state index < -0.39 is 0 Å². The fraction of sp³-hybridized carbons (Fsp3) is 0.0833. The number of carbonyl (C=O) groups excluding carboxylic acids is 1. The standard InChI is InChI=1S/C24H19N5O2S/c30-22(12-14-29-23(31)18-5-1-2-6-19(18)27-24(29)32)25-17-10-8-16(9-11-17)20-15-28-13-4-3-7-21(28)26-20/h1-11,13,15H,12,14H2,(H,25,30)(H,27,32). The van der Waals surface area contributed by atoms with Gasteiger partial charge in [0.1, 0.15) is 5.65 Å². The predicted octanol–water partition coefficient (Wildman–Crippen LogP) is 4.40. The van der Waals surface area contributed by atoms with Crippen LogP contribution in [0.2, 0.25) is 0 Å². The Balaban J connectivity index is 1.27. The van der Waals surface area contributed by atoms with Crippen LogP contribution in [0.15, 0.2) is 83.9 Å². The van der Waals surface area contributed by atoms with Gasteiger partial charge in [0.25, 0.3) is 5.56 Å². The highest BCUT2D eigenvalue weighted by atomic mass is 32.1. The number of amides is 1. The van der Waals surface area contributed by atoms with Gasteiger partial charge in [-0.15, -0.1) is 0 Å². The fourth-order valence-corrected chi connectivity index (χ4v) is 3.92. The molecule has 0 radical (unpaired) electrons. The zero-order valence-corrected chi connectivity index (χ0v) is 17.8. The third-order valence-electron chi connectivity index (χ3n) is 5.28. The molecule has 2 aromatic carbocycles. The van der Waals surface area contributed by atoms with Gasteiger partial charge in [-0.25, -0.2) is 4.98 Å². The van der Waals surface area contributed by atoms with Crippen molar-refractivity contribution in [3.05, 3.63) is 94.2 Å². The van der Waals surface area contributed by atoms with E-state index in [1.54, 1.807) is 18.2 Å². The Morgan fingerprint density at radius 1 is 1.03 bits per heavy atom. The maximum atomic E-state index is 12.7. The summed E-state index contributed by atoms with van der Waals surface area (Å²) in [4.78, 5) is 32.8. The van der Waals surface area contributed by atoms with Crippen LogP contribution >= 0.6 is 12.2 Å². The van der Waals surface area contributed by atoms with Crippen LogP contribution in [0.4, 0.5) is 5.69 Å². The summed E-state index contributed by atoms with van der Waals surface area (Å²) in [5, 5.41) is 3.41. The van der Waals surface area contributed by atoms with Gasteiger partial charge in [0.05, 0.1) is 16.6 Å². The van der Waals surface area contributed by atoms with Crippen LogP contribution in [0.1, 0.15) is 6.42 Å². The topological polar surface area (TPSA) is 84.2 Å². The van der Waals surface area contributed by atoms with Crippen LogP contribution in [-0.4, -0.2) is 24.8 Å². The number of fused-ring (bicyclic) bond motifs is 2. The smallest absolute Gasteiger partial charge is 0.262 e. The van der Waals surface area contributed by atoms with E-state index in [4.69, 9.17) is 12.2 Å². The van der Waals surface area contributed by atoms with E-state index in [0.717, 1.165) is 16.9 Å². The van der Waals surface area contributed by atoms with Crippen molar-refractivity contribution in [2.45, 2.75) is 13.0 Å². The number of carbonyl (C=O) groups is 1. The van der Waals surface area contributed by atoms with Crippen molar-refractivity contribution < 1.29 is 4.79 Å². The monoisotopic (exact) mass is 441 g/mol. The van der Waals surface area contributed by atoms with Gasteiger partial charge in [-0.1, -0.05) is 30.3 Å². The molecule has 0 aliphatic heterocycles. The molecule has 0 fully saturated rings. The maximum absolute atomic E-state index is 12.7. The molecule has 1 amide bonds. The molecule has 0 unspecified atom stereocenters. The molecule has 0 atom stereocenters.